The summed E-state index contributed by atoms with van der Waals surface area (Å²) in [6.07, 6.45) is 0.931. The van der Waals surface area contributed by atoms with Crippen molar-refractivity contribution in [1.82, 2.24) is 5.43 Å². The molecule has 0 atom stereocenters. The van der Waals surface area contributed by atoms with Gasteiger partial charge in [-0.2, -0.15) is 5.10 Å². The Labute approximate surface area is 128 Å². The molecular weight excluding hydrogens is 313 g/mol. The highest BCUT2D eigenvalue weighted by atomic mass is 19.1. The summed E-state index contributed by atoms with van der Waals surface area (Å²) in [7, 11) is 0. The van der Waals surface area contributed by atoms with Gasteiger partial charge < -0.3 is 5.11 Å². The SMILES string of the molecule is O=C(O)c1ccc(C=NNC(=O)c2ccc(F)cc2F)c(F)c1. The van der Waals surface area contributed by atoms with Crippen molar-refractivity contribution in [3.05, 3.63) is 70.5 Å². The van der Waals surface area contributed by atoms with Gasteiger partial charge >= 0.3 is 5.97 Å². The number of aromatic carboxylic acids is 1. The Morgan fingerprint density at radius 3 is 2.39 bits per heavy atom. The minimum atomic E-state index is -1.28. The fourth-order valence-electron chi connectivity index (χ4n) is 1.66. The smallest absolute Gasteiger partial charge is 0.335 e. The number of hydrogen-bond acceptors (Lipinski definition) is 3. The van der Waals surface area contributed by atoms with E-state index in [2.05, 4.69) is 5.10 Å². The van der Waals surface area contributed by atoms with Crippen LogP contribution < -0.4 is 5.43 Å². The van der Waals surface area contributed by atoms with Crippen LogP contribution in [0.2, 0.25) is 0 Å². The number of amides is 1. The van der Waals surface area contributed by atoms with Gasteiger partial charge in [0.2, 0.25) is 0 Å². The van der Waals surface area contributed by atoms with Gasteiger partial charge in [0.1, 0.15) is 17.5 Å². The van der Waals surface area contributed by atoms with Crippen molar-refractivity contribution in [2.75, 3.05) is 0 Å². The number of carbonyl (C=O) groups excluding carboxylic acids is 1. The largest absolute Gasteiger partial charge is 0.478 e. The van der Waals surface area contributed by atoms with E-state index in [1.807, 2.05) is 5.43 Å². The highest BCUT2D eigenvalue weighted by Crippen LogP contribution is 2.10. The second kappa shape index (κ2) is 6.73. The summed E-state index contributed by atoms with van der Waals surface area (Å²) in [5, 5.41) is 12.1. The van der Waals surface area contributed by atoms with Gasteiger partial charge in [-0.05, 0) is 30.3 Å². The molecule has 0 saturated carbocycles. The standard InChI is InChI=1S/C15H9F3N2O3/c16-10-3-4-11(13(18)6-10)14(21)20-19-7-9-2-1-8(15(22)23)5-12(9)17/h1-7H,(H,20,21)(H,22,23). The summed E-state index contributed by atoms with van der Waals surface area (Å²) in [4.78, 5) is 22.3. The molecule has 8 heteroatoms. The van der Waals surface area contributed by atoms with E-state index in [4.69, 9.17) is 5.11 Å². The van der Waals surface area contributed by atoms with E-state index in [0.29, 0.717) is 6.07 Å². The number of carbonyl (C=O) groups is 2. The Hall–Kier alpha value is -3.16. The maximum absolute atomic E-state index is 13.6. The zero-order chi connectivity index (χ0) is 17.0. The van der Waals surface area contributed by atoms with E-state index >= 15 is 0 Å². The molecule has 2 rings (SSSR count). The van der Waals surface area contributed by atoms with Crippen LogP contribution >= 0.6 is 0 Å². The Kier molecular flexibility index (Phi) is 4.75. The van der Waals surface area contributed by atoms with E-state index in [1.54, 1.807) is 0 Å². The lowest BCUT2D eigenvalue weighted by Gasteiger charge is -2.02. The minimum absolute atomic E-state index is 0.0742. The van der Waals surface area contributed by atoms with Crippen molar-refractivity contribution >= 4 is 18.1 Å². The molecule has 0 radical (unpaired) electrons. The van der Waals surface area contributed by atoms with Crippen LogP contribution in [0.15, 0.2) is 41.5 Å². The van der Waals surface area contributed by atoms with E-state index in [-0.39, 0.29) is 11.1 Å². The molecule has 0 bridgehead atoms. The van der Waals surface area contributed by atoms with Gasteiger partial charge in [0, 0.05) is 11.6 Å². The fourth-order valence-corrected chi connectivity index (χ4v) is 1.66. The van der Waals surface area contributed by atoms with Gasteiger partial charge in [0.25, 0.3) is 5.91 Å². The average Bonchev–Trinajstić information content (AvgIpc) is 2.48. The van der Waals surface area contributed by atoms with Crippen LogP contribution in [-0.4, -0.2) is 23.2 Å². The molecule has 1 amide bonds. The lowest BCUT2D eigenvalue weighted by Crippen LogP contribution is -2.19. The van der Waals surface area contributed by atoms with E-state index in [1.165, 1.54) is 0 Å². The Morgan fingerprint density at radius 1 is 1.04 bits per heavy atom. The zero-order valence-corrected chi connectivity index (χ0v) is 11.4. The summed E-state index contributed by atoms with van der Waals surface area (Å²) < 4.78 is 39.7. The molecule has 2 N–H and O–H groups in total. The van der Waals surface area contributed by atoms with Gasteiger partial charge in [0.15, 0.2) is 0 Å². The summed E-state index contributed by atoms with van der Waals surface area (Å²) >= 11 is 0. The number of carboxylic acids is 1. The lowest BCUT2D eigenvalue weighted by molar-refractivity contribution is 0.0696. The topological polar surface area (TPSA) is 78.8 Å². The number of nitrogens with one attached hydrogen (secondary N) is 1. The third-order valence-corrected chi connectivity index (χ3v) is 2.79. The van der Waals surface area contributed by atoms with Crippen LogP contribution in [0.3, 0.4) is 0 Å². The monoisotopic (exact) mass is 322 g/mol. The number of hydrazone groups is 1. The average molecular weight is 322 g/mol. The van der Waals surface area contributed by atoms with Gasteiger partial charge in [0.05, 0.1) is 17.3 Å². The molecule has 0 heterocycles. The summed E-state index contributed by atoms with van der Waals surface area (Å²) in [5.74, 6) is -4.97. The van der Waals surface area contributed by atoms with Crippen molar-refractivity contribution in [2.45, 2.75) is 0 Å². The van der Waals surface area contributed by atoms with Gasteiger partial charge in [-0.3, -0.25) is 4.79 Å². The molecule has 118 valence electrons. The van der Waals surface area contributed by atoms with Gasteiger partial charge in [-0.1, -0.05) is 0 Å². The number of nitrogens with zero attached hydrogens (tertiary/aromatic N) is 1. The van der Waals surface area contributed by atoms with Crippen LogP contribution in [0, 0.1) is 17.5 Å². The number of rotatable bonds is 4. The molecule has 0 spiro atoms. The van der Waals surface area contributed by atoms with Crippen LogP contribution in [-0.2, 0) is 0 Å². The lowest BCUT2D eigenvalue weighted by atomic mass is 10.1. The predicted octanol–water partition coefficient (Wildman–Crippen LogP) is 2.57. The first-order valence-electron chi connectivity index (χ1n) is 6.20. The molecule has 0 unspecified atom stereocenters. The van der Waals surface area contributed by atoms with Crippen molar-refractivity contribution < 1.29 is 27.9 Å². The summed E-state index contributed by atoms with van der Waals surface area (Å²) in [5.41, 5.74) is 1.22. The Balaban J connectivity index is 2.09. The third-order valence-electron chi connectivity index (χ3n) is 2.79. The van der Waals surface area contributed by atoms with Gasteiger partial charge in [-0.15, -0.1) is 0 Å². The molecule has 0 aliphatic rings. The molecule has 0 aliphatic heterocycles. The molecule has 23 heavy (non-hydrogen) atoms. The molecule has 0 fully saturated rings. The van der Waals surface area contributed by atoms with Crippen molar-refractivity contribution in [3.63, 3.8) is 0 Å². The van der Waals surface area contributed by atoms with E-state index in [0.717, 1.165) is 36.5 Å². The fraction of sp³-hybridized carbons (Fsp3) is 0. The maximum atomic E-state index is 13.6. The first kappa shape index (κ1) is 16.2. The highest BCUT2D eigenvalue weighted by Gasteiger charge is 2.12. The highest BCUT2D eigenvalue weighted by molar-refractivity contribution is 5.95. The van der Waals surface area contributed by atoms with Crippen molar-refractivity contribution in [2.24, 2.45) is 5.10 Å². The van der Waals surface area contributed by atoms with Crippen molar-refractivity contribution in [1.29, 1.82) is 0 Å². The maximum Gasteiger partial charge on any atom is 0.335 e. The molecular formula is C15H9F3N2O3. The van der Waals surface area contributed by atoms with Gasteiger partial charge in [-0.25, -0.2) is 23.4 Å². The van der Waals surface area contributed by atoms with Crippen LogP contribution in [0.25, 0.3) is 0 Å². The second-order valence-electron chi connectivity index (χ2n) is 4.36. The second-order valence-corrected chi connectivity index (χ2v) is 4.36. The molecule has 0 aromatic heterocycles. The molecule has 2 aromatic carbocycles. The number of benzene rings is 2. The third kappa shape index (κ3) is 3.94. The number of hydrogen-bond donors (Lipinski definition) is 2. The first-order valence-corrected chi connectivity index (χ1v) is 6.20. The van der Waals surface area contributed by atoms with E-state index < -0.39 is 34.9 Å². The Morgan fingerprint density at radius 2 is 1.78 bits per heavy atom. The molecule has 0 saturated heterocycles. The predicted molar refractivity (Wildman–Crippen MR) is 74.8 cm³/mol. The summed E-state index contributed by atoms with van der Waals surface area (Å²) in [6.45, 7) is 0. The Bertz CT molecular complexity index is 807. The van der Waals surface area contributed by atoms with Crippen LogP contribution in [0.5, 0.6) is 0 Å². The first-order chi connectivity index (χ1) is 10.9. The number of halogens is 3. The van der Waals surface area contributed by atoms with E-state index in [9.17, 15) is 22.8 Å². The molecule has 5 nitrogen and oxygen atoms in total. The van der Waals surface area contributed by atoms with Crippen molar-refractivity contribution in [3.8, 4) is 0 Å². The molecule has 0 aliphatic carbocycles. The van der Waals surface area contributed by atoms with Crippen LogP contribution in [0.1, 0.15) is 26.3 Å². The van der Waals surface area contributed by atoms with Crippen LogP contribution in [0.4, 0.5) is 13.2 Å². The quantitative estimate of drug-likeness (QED) is 0.671. The molecule has 2 aromatic rings. The normalized spacial score (nSPS) is 10.7. The zero-order valence-electron chi connectivity index (χ0n) is 11.4. The minimum Gasteiger partial charge on any atom is -0.478 e. The summed E-state index contributed by atoms with van der Waals surface area (Å²) in [6, 6.07) is 5.51. The number of carboxylic acid groups (broad SMARTS) is 1.